The summed E-state index contributed by atoms with van der Waals surface area (Å²) in [5.41, 5.74) is 0.566. The van der Waals surface area contributed by atoms with Gasteiger partial charge >= 0.3 is 0 Å². The minimum absolute atomic E-state index is 0.133. The Morgan fingerprint density at radius 1 is 1.25 bits per heavy atom. The third kappa shape index (κ3) is 5.64. The summed E-state index contributed by atoms with van der Waals surface area (Å²) in [6.45, 7) is 6.82. The van der Waals surface area contributed by atoms with E-state index in [0.29, 0.717) is 18.2 Å². The Morgan fingerprint density at radius 2 is 2.00 bits per heavy atom. The number of nitrogens with zero attached hydrogens (tertiary/aromatic N) is 1. The Balaban J connectivity index is 1.65. The number of nitrogens with one attached hydrogen (secondary N) is 2. The molecule has 5 nitrogen and oxygen atoms in total. The van der Waals surface area contributed by atoms with Crippen LogP contribution in [0.2, 0.25) is 0 Å². The van der Waals surface area contributed by atoms with E-state index < -0.39 is 6.04 Å². The average Bonchev–Trinajstić information content (AvgIpc) is 2.60. The fraction of sp³-hybridized carbons (Fsp3) is 0.579. The molecule has 1 heterocycles. The summed E-state index contributed by atoms with van der Waals surface area (Å²) >= 11 is 0. The van der Waals surface area contributed by atoms with E-state index in [1.54, 1.807) is 31.2 Å². The first-order valence-corrected chi connectivity index (χ1v) is 8.95. The van der Waals surface area contributed by atoms with Crippen LogP contribution in [0.25, 0.3) is 0 Å². The maximum atomic E-state index is 12.1. The number of rotatable bonds is 7. The first-order valence-electron chi connectivity index (χ1n) is 8.95. The molecule has 1 aliphatic rings. The van der Waals surface area contributed by atoms with Gasteiger partial charge in [-0.05, 0) is 51.8 Å². The third-order valence-corrected chi connectivity index (χ3v) is 4.64. The Morgan fingerprint density at radius 3 is 2.71 bits per heavy atom. The van der Waals surface area contributed by atoms with Crippen LogP contribution < -0.4 is 10.6 Å². The topological polar surface area (TPSA) is 61.4 Å². The second-order valence-corrected chi connectivity index (χ2v) is 6.59. The number of likely N-dealkylation sites (tertiary alicyclic amines) is 1. The smallest absolute Gasteiger partial charge is 0.251 e. The van der Waals surface area contributed by atoms with Gasteiger partial charge < -0.3 is 15.5 Å². The van der Waals surface area contributed by atoms with Crippen molar-refractivity contribution in [2.24, 2.45) is 0 Å². The fourth-order valence-electron chi connectivity index (χ4n) is 3.07. The van der Waals surface area contributed by atoms with E-state index >= 15 is 0 Å². The molecule has 2 rings (SSSR count). The summed E-state index contributed by atoms with van der Waals surface area (Å²) in [4.78, 5) is 26.6. The highest BCUT2D eigenvalue weighted by Crippen LogP contribution is 2.16. The molecule has 0 aliphatic carbocycles. The van der Waals surface area contributed by atoms with E-state index in [2.05, 4.69) is 22.5 Å². The maximum absolute atomic E-state index is 12.1. The van der Waals surface area contributed by atoms with E-state index in [1.807, 2.05) is 6.07 Å². The van der Waals surface area contributed by atoms with Crippen LogP contribution in [0.15, 0.2) is 30.3 Å². The number of amides is 2. The molecule has 0 saturated carbocycles. The molecule has 1 aromatic rings. The molecule has 1 fully saturated rings. The van der Waals surface area contributed by atoms with Crippen LogP contribution in [0.3, 0.4) is 0 Å². The summed E-state index contributed by atoms with van der Waals surface area (Å²) < 4.78 is 0. The molecule has 5 heteroatoms. The minimum Gasteiger partial charge on any atom is -0.354 e. The predicted octanol–water partition coefficient (Wildman–Crippen LogP) is 2.19. The molecule has 2 N–H and O–H groups in total. The lowest BCUT2D eigenvalue weighted by Gasteiger charge is -2.33. The Bertz CT molecular complexity index is 533. The molecule has 0 radical (unpaired) electrons. The summed E-state index contributed by atoms with van der Waals surface area (Å²) in [5.74, 6) is -0.355. The highest BCUT2D eigenvalue weighted by molar-refractivity contribution is 5.97. The molecule has 1 aliphatic heterocycles. The van der Waals surface area contributed by atoms with Crippen LogP contribution in [-0.2, 0) is 4.79 Å². The lowest BCUT2D eigenvalue weighted by atomic mass is 10.0. The predicted molar refractivity (Wildman–Crippen MR) is 95.9 cm³/mol. The van der Waals surface area contributed by atoms with Gasteiger partial charge in [-0.2, -0.15) is 0 Å². The van der Waals surface area contributed by atoms with Crippen LogP contribution in [0.5, 0.6) is 0 Å². The molecule has 1 aromatic carbocycles. The Kier molecular flexibility index (Phi) is 7.25. The van der Waals surface area contributed by atoms with Crippen molar-refractivity contribution in [3.63, 3.8) is 0 Å². The van der Waals surface area contributed by atoms with Gasteiger partial charge in [-0.15, -0.1) is 0 Å². The second kappa shape index (κ2) is 9.42. The summed E-state index contributed by atoms with van der Waals surface area (Å²) in [5, 5.41) is 5.65. The van der Waals surface area contributed by atoms with E-state index in [0.717, 1.165) is 13.0 Å². The molecule has 24 heavy (non-hydrogen) atoms. The molecule has 0 aromatic heterocycles. The van der Waals surface area contributed by atoms with Crippen molar-refractivity contribution in [3.8, 4) is 0 Å². The zero-order valence-electron chi connectivity index (χ0n) is 14.8. The van der Waals surface area contributed by atoms with Crippen LogP contribution in [0.4, 0.5) is 0 Å². The van der Waals surface area contributed by atoms with E-state index in [9.17, 15) is 9.59 Å². The lowest BCUT2D eigenvalue weighted by Crippen LogP contribution is -2.45. The summed E-state index contributed by atoms with van der Waals surface area (Å²) in [7, 11) is 0. The SMILES string of the molecule is CC(NC(=O)c1ccccc1)C(=O)NCCCN1CCCCC1C. The van der Waals surface area contributed by atoms with Crippen LogP contribution in [-0.4, -0.2) is 48.4 Å². The Labute approximate surface area is 144 Å². The monoisotopic (exact) mass is 331 g/mol. The van der Waals surface area contributed by atoms with E-state index in [-0.39, 0.29) is 11.8 Å². The summed E-state index contributed by atoms with van der Waals surface area (Å²) in [6.07, 6.45) is 4.82. The number of carbonyl (C=O) groups is 2. The normalized spacial score (nSPS) is 19.5. The quantitative estimate of drug-likeness (QED) is 0.753. The average molecular weight is 331 g/mol. The van der Waals surface area contributed by atoms with Crippen molar-refractivity contribution in [1.82, 2.24) is 15.5 Å². The largest absolute Gasteiger partial charge is 0.354 e. The van der Waals surface area contributed by atoms with Crippen molar-refractivity contribution in [3.05, 3.63) is 35.9 Å². The molecular formula is C19H29N3O2. The molecule has 1 saturated heterocycles. The Hall–Kier alpha value is -1.88. The first kappa shape index (κ1) is 18.5. The standard InChI is InChI=1S/C19H29N3O2/c1-15-9-6-7-13-22(15)14-8-12-20-18(23)16(2)21-19(24)17-10-4-3-5-11-17/h3-5,10-11,15-16H,6-9,12-14H2,1-2H3,(H,20,23)(H,21,24). The van der Waals surface area contributed by atoms with Gasteiger partial charge in [0.05, 0.1) is 0 Å². The van der Waals surface area contributed by atoms with Gasteiger partial charge in [0, 0.05) is 24.7 Å². The van der Waals surface area contributed by atoms with Crippen molar-refractivity contribution in [1.29, 1.82) is 0 Å². The summed E-state index contributed by atoms with van der Waals surface area (Å²) in [6, 6.07) is 9.06. The van der Waals surface area contributed by atoms with Gasteiger partial charge in [0.15, 0.2) is 0 Å². The minimum atomic E-state index is -0.536. The van der Waals surface area contributed by atoms with Gasteiger partial charge in [-0.25, -0.2) is 0 Å². The van der Waals surface area contributed by atoms with Crippen LogP contribution in [0.1, 0.15) is 49.9 Å². The van der Waals surface area contributed by atoms with Gasteiger partial charge in [-0.1, -0.05) is 24.6 Å². The van der Waals surface area contributed by atoms with Crippen molar-refractivity contribution in [2.45, 2.75) is 51.6 Å². The first-order chi connectivity index (χ1) is 11.6. The second-order valence-electron chi connectivity index (χ2n) is 6.59. The molecule has 2 amide bonds. The lowest BCUT2D eigenvalue weighted by molar-refractivity contribution is -0.122. The molecular weight excluding hydrogens is 302 g/mol. The number of benzene rings is 1. The highest BCUT2D eigenvalue weighted by atomic mass is 16.2. The van der Waals surface area contributed by atoms with Crippen molar-refractivity contribution >= 4 is 11.8 Å². The zero-order chi connectivity index (χ0) is 17.4. The van der Waals surface area contributed by atoms with Gasteiger partial charge in [-0.3, -0.25) is 9.59 Å². The molecule has 132 valence electrons. The van der Waals surface area contributed by atoms with E-state index in [1.165, 1.54) is 25.8 Å². The zero-order valence-corrected chi connectivity index (χ0v) is 14.8. The maximum Gasteiger partial charge on any atom is 0.251 e. The highest BCUT2D eigenvalue weighted by Gasteiger charge is 2.18. The molecule has 0 spiro atoms. The third-order valence-electron chi connectivity index (χ3n) is 4.64. The molecule has 2 atom stereocenters. The number of carbonyl (C=O) groups excluding carboxylic acids is 2. The van der Waals surface area contributed by atoms with Gasteiger partial charge in [0.2, 0.25) is 5.91 Å². The van der Waals surface area contributed by atoms with Crippen molar-refractivity contribution in [2.75, 3.05) is 19.6 Å². The number of hydrogen-bond donors (Lipinski definition) is 2. The van der Waals surface area contributed by atoms with Crippen LogP contribution in [0, 0.1) is 0 Å². The van der Waals surface area contributed by atoms with Crippen LogP contribution >= 0.6 is 0 Å². The number of piperidine rings is 1. The van der Waals surface area contributed by atoms with Crippen molar-refractivity contribution < 1.29 is 9.59 Å². The van der Waals surface area contributed by atoms with Gasteiger partial charge in [0.1, 0.15) is 6.04 Å². The van der Waals surface area contributed by atoms with E-state index in [4.69, 9.17) is 0 Å². The number of hydrogen-bond acceptors (Lipinski definition) is 3. The molecule has 0 bridgehead atoms. The van der Waals surface area contributed by atoms with Gasteiger partial charge in [0.25, 0.3) is 5.91 Å². The fourth-order valence-corrected chi connectivity index (χ4v) is 3.07. The molecule has 2 unspecified atom stereocenters.